The van der Waals surface area contributed by atoms with Gasteiger partial charge in [0.1, 0.15) is 0 Å². The molecule has 1 aromatic carbocycles. The summed E-state index contributed by atoms with van der Waals surface area (Å²) in [5.74, 6) is -1.52. The first-order chi connectivity index (χ1) is 7.97. The fraction of sp³-hybridized carbons (Fsp3) is 0.417. The van der Waals surface area contributed by atoms with E-state index in [4.69, 9.17) is 0 Å². The number of alkyl halides is 3. The van der Waals surface area contributed by atoms with Crippen molar-refractivity contribution >= 4 is 10.9 Å². The van der Waals surface area contributed by atoms with Gasteiger partial charge in [0.2, 0.25) is 0 Å². The third-order valence-electron chi connectivity index (χ3n) is 3.41. The molecule has 2 atom stereocenters. The standard InChI is InChI=1S/C12H11F3N2/c1-17-11-3-2-7(4-8(11)6-16-17)9-5-10(9)12(13,14)15/h2-4,6,9-10H,5H2,1H3/t9-,10+/m0/s1. The number of aromatic nitrogens is 2. The van der Waals surface area contributed by atoms with Crippen LogP contribution in [0, 0.1) is 5.92 Å². The Bertz CT molecular complexity index is 571. The zero-order valence-corrected chi connectivity index (χ0v) is 9.20. The lowest BCUT2D eigenvalue weighted by Gasteiger charge is -2.05. The van der Waals surface area contributed by atoms with E-state index in [-0.39, 0.29) is 12.3 Å². The first-order valence-electron chi connectivity index (χ1n) is 5.45. The smallest absolute Gasteiger partial charge is 0.268 e. The molecule has 3 rings (SSSR count). The van der Waals surface area contributed by atoms with E-state index in [0.717, 1.165) is 16.5 Å². The van der Waals surface area contributed by atoms with Crippen molar-refractivity contribution in [3.63, 3.8) is 0 Å². The van der Waals surface area contributed by atoms with Gasteiger partial charge in [-0.25, -0.2) is 0 Å². The maximum Gasteiger partial charge on any atom is 0.392 e. The van der Waals surface area contributed by atoms with Crippen LogP contribution in [0.4, 0.5) is 13.2 Å². The molecule has 17 heavy (non-hydrogen) atoms. The predicted octanol–water partition coefficient (Wildman–Crippen LogP) is 3.24. The summed E-state index contributed by atoms with van der Waals surface area (Å²) in [5, 5.41) is 4.98. The van der Waals surface area contributed by atoms with Gasteiger partial charge in [-0.2, -0.15) is 18.3 Å². The van der Waals surface area contributed by atoms with Gasteiger partial charge in [0.25, 0.3) is 0 Å². The Morgan fingerprint density at radius 1 is 1.35 bits per heavy atom. The van der Waals surface area contributed by atoms with E-state index in [0.29, 0.717) is 0 Å². The summed E-state index contributed by atoms with van der Waals surface area (Å²) in [7, 11) is 1.82. The largest absolute Gasteiger partial charge is 0.392 e. The second-order valence-corrected chi connectivity index (χ2v) is 4.58. The molecule has 5 heteroatoms. The summed E-state index contributed by atoms with van der Waals surface area (Å²) in [6, 6.07) is 5.43. The van der Waals surface area contributed by atoms with E-state index >= 15 is 0 Å². The van der Waals surface area contributed by atoms with Crippen LogP contribution in [0.2, 0.25) is 0 Å². The molecule has 1 saturated carbocycles. The van der Waals surface area contributed by atoms with Crippen molar-refractivity contribution in [3.8, 4) is 0 Å². The molecule has 0 amide bonds. The third kappa shape index (κ3) is 1.69. The molecule has 2 aromatic rings. The highest BCUT2D eigenvalue weighted by Gasteiger charge is 2.56. The van der Waals surface area contributed by atoms with Gasteiger partial charge in [-0.3, -0.25) is 4.68 Å². The van der Waals surface area contributed by atoms with Crippen LogP contribution >= 0.6 is 0 Å². The molecule has 0 N–H and O–H groups in total. The van der Waals surface area contributed by atoms with Gasteiger partial charge in [0.15, 0.2) is 0 Å². The molecule has 1 fully saturated rings. The number of hydrogen-bond acceptors (Lipinski definition) is 1. The molecule has 0 saturated heterocycles. The summed E-state index contributed by atoms with van der Waals surface area (Å²) in [6.07, 6.45) is -2.16. The van der Waals surface area contributed by atoms with Crippen molar-refractivity contribution < 1.29 is 13.2 Å². The second-order valence-electron chi connectivity index (χ2n) is 4.58. The van der Waals surface area contributed by atoms with E-state index in [1.807, 2.05) is 19.2 Å². The van der Waals surface area contributed by atoms with Crippen LogP contribution in [0.1, 0.15) is 17.9 Å². The normalized spacial score (nSPS) is 24.2. The zero-order valence-electron chi connectivity index (χ0n) is 9.20. The topological polar surface area (TPSA) is 17.8 Å². The average molecular weight is 240 g/mol. The Morgan fingerprint density at radius 3 is 2.76 bits per heavy atom. The monoisotopic (exact) mass is 240 g/mol. The van der Waals surface area contributed by atoms with Crippen LogP contribution in [-0.4, -0.2) is 16.0 Å². The van der Waals surface area contributed by atoms with Crippen LogP contribution < -0.4 is 0 Å². The van der Waals surface area contributed by atoms with Gasteiger partial charge >= 0.3 is 6.18 Å². The van der Waals surface area contributed by atoms with Crippen molar-refractivity contribution in [1.29, 1.82) is 0 Å². The van der Waals surface area contributed by atoms with E-state index in [9.17, 15) is 13.2 Å². The first-order valence-corrected chi connectivity index (χ1v) is 5.45. The minimum absolute atomic E-state index is 0.218. The number of nitrogens with zero attached hydrogens (tertiary/aromatic N) is 2. The maximum atomic E-state index is 12.5. The molecule has 1 aromatic heterocycles. The molecule has 0 bridgehead atoms. The highest BCUT2D eigenvalue weighted by molar-refractivity contribution is 5.79. The van der Waals surface area contributed by atoms with Crippen molar-refractivity contribution in [2.45, 2.75) is 18.5 Å². The average Bonchev–Trinajstić information content (AvgIpc) is 2.99. The van der Waals surface area contributed by atoms with Crippen molar-refractivity contribution in [2.75, 3.05) is 0 Å². The van der Waals surface area contributed by atoms with E-state index in [1.165, 1.54) is 0 Å². The molecule has 1 aliphatic carbocycles. The van der Waals surface area contributed by atoms with Gasteiger partial charge in [-0.05, 0) is 30.0 Å². The Hall–Kier alpha value is -1.52. The molecule has 0 spiro atoms. The quantitative estimate of drug-likeness (QED) is 0.748. The van der Waals surface area contributed by atoms with Crippen molar-refractivity contribution in [2.24, 2.45) is 13.0 Å². The number of fused-ring (bicyclic) bond motifs is 1. The first kappa shape index (κ1) is 10.6. The predicted molar refractivity (Wildman–Crippen MR) is 57.6 cm³/mol. The van der Waals surface area contributed by atoms with Crippen LogP contribution in [0.25, 0.3) is 10.9 Å². The lowest BCUT2D eigenvalue weighted by Crippen LogP contribution is -2.11. The van der Waals surface area contributed by atoms with Gasteiger partial charge in [-0.1, -0.05) is 6.07 Å². The third-order valence-corrected chi connectivity index (χ3v) is 3.41. The Kier molecular flexibility index (Phi) is 2.03. The fourth-order valence-electron chi connectivity index (χ4n) is 2.34. The van der Waals surface area contributed by atoms with E-state index < -0.39 is 12.1 Å². The SMILES string of the molecule is Cn1ncc2cc([C@@H]3C[C@H]3C(F)(F)F)ccc21. The summed E-state index contributed by atoms with van der Waals surface area (Å²) in [5.41, 5.74) is 1.71. The minimum Gasteiger partial charge on any atom is -0.268 e. The highest BCUT2D eigenvalue weighted by Crippen LogP contribution is 2.56. The maximum absolute atomic E-state index is 12.5. The molecule has 2 nitrogen and oxygen atoms in total. The summed E-state index contributed by atoms with van der Waals surface area (Å²) >= 11 is 0. The molecule has 0 radical (unpaired) electrons. The number of halogens is 3. The van der Waals surface area contributed by atoms with Crippen LogP contribution in [-0.2, 0) is 7.05 Å². The Morgan fingerprint density at radius 2 is 2.12 bits per heavy atom. The Balaban J connectivity index is 1.93. The van der Waals surface area contributed by atoms with Crippen LogP contribution in [0.5, 0.6) is 0 Å². The van der Waals surface area contributed by atoms with Gasteiger partial charge in [-0.15, -0.1) is 0 Å². The molecular weight excluding hydrogens is 229 g/mol. The zero-order chi connectivity index (χ0) is 12.2. The molecule has 90 valence electrons. The van der Waals surface area contributed by atoms with Gasteiger partial charge < -0.3 is 0 Å². The van der Waals surface area contributed by atoms with Crippen LogP contribution in [0.3, 0.4) is 0 Å². The van der Waals surface area contributed by atoms with Crippen LogP contribution in [0.15, 0.2) is 24.4 Å². The number of hydrogen-bond donors (Lipinski definition) is 0. The van der Waals surface area contributed by atoms with E-state index in [1.54, 1.807) is 16.9 Å². The number of aryl methyl sites for hydroxylation is 1. The Labute approximate surface area is 96.0 Å². The molecule has 1 aliphatic rings. The van der Waals surface area contributed by atoms with Crippen molar-refractivity contribution in [3.05, 3.63) is 30.0 Å². The second kappa shape index (κ2) is 3.24. The fourth-order valence-corrected chi connectivity index (χ4v) is 2.34. The molecule has 0 aliphatic heterocycles. The lowest BCUT2D eigenvalue weighted by molar-refractivity contribution is -0.148. The number of benzene rings is 1. The number of rotatable bonds is 1. The van der Waals surface area contributed by atoms with Gasteiger partial charge in [0.05, 0.1) is 17.6 Å². The highest BCUT2D eigenvalue weighted by atomic mass is 19.4. The van der Waals surface area contributed by atoms with Gasteiger partial charge in [0, 0.05) is 12.4 Å². The van der Waals surface area contributed by atoms with E-state index in [2.05, 4.69) is 5.10 Å². The lowest BCUT2D eigenvalue weighted by atomic mass is 10.1. The van der Waals surface area contributed by atoms with Crippen molar-refractivity contribution in [1.82, 2.24) is 9.78 Å². The molecule has 1 heterocycles. The summed E-state index contributed by atoms with van der Waals surface area (Å²) in [4.78, 5) is 0. The minimum atomic E-state index is -4.06. The molecule has 0 unspecified atom stereocenters. The molecular formula is C12H11F3N2. The summed E-state index contributed by atoms with van der Waals surface area (Å²) < 4.78 is 39.1. The summed E-state index contributed by atoms with van der Waals surface area (Å²) in [6.45, 7) is 0.